The molecule has 0 amide bonds. The maximum Gasteiger partial charge on any atom is 0.129 e. The SMILES string of the molecule is COc1ccc(Oc2cc(Cl)c([CH]CBr)c(CN)c2)cc1. The minimum absolute atomic E-state index is 0.401. The van der Waals surface area contributed by atoms with Gasteiger partial charge in [-0.25, -0.2) is 0 Å². The van der Waals surface area contributed by atoms with E-state index in [1.165, 1.54) is 0 Å². The minimum atomic E-state index is 0.401. The number of nitrogens with two attached hydrogens (primary N) is 1. The maximum absolute atomic E-state index is 6.30. The van der Waals surface area contributed by atoms with E-state index in [0.29, 0.717) is 23.1 Å². The molecule has 0 saturated heterocycles. The maximum atomic E-state index is 6.30. The first kappa shape index (κ1) is 16.1. The van der Waals surface area contributed by atoms with Crippen LogP contribution in [-0.4, -0.2) is 12.4 Å². The highest BCUT2D eigenvalue weighted by Crippen LogP contribution is 2.31. The largest absolute Gasteiger partial charge is 0.497 e. The Morgan fingerprint density at radius 3 is 2.38 bits per heavy atom. The topological polar surface area (TPSA) is 44.5 Å². The zero-order valence-corrected chi connectivity index (χ0v) is 13.9. The van der Waals surface area contributed by atoms with Crippen molar-refractivity contribution >= 4 is 27.5 Å². The predicted molar refractivity (Wildman–Crippen MR) is 89.6 cm³/mol. The second-order valence-electron chi connectivity index (χ2n) is 4.32. The smallest absolute Gasteiger partial charge is 0.129 e. The molecule has 1 radical (unpaired) electrons. The fourth-order valence-electron chi connectivity index (χ4n) is 1.96. The number of alkyl halides is 1. The molecule has 5 heteroatoms. The zero-order chi connectivity index (χ0) is 15.2. The number of ether oxygens (including phenoxy) is 2. The van der Waals surface area contributed by atoms with Gasteiger partial charge in [-0.1, -0.05) is 27.5 Å². The highest BCUT2D eigenvalue weighted by Gasteiger charge is 2.10. The predicted octanol–water partition coefficient (Wildman–Crippen LogP) is 4.55. The Hall–Kier alpha value is -1.23. The van der Waals surface area contributed by atoms with Crippen LogP contribution in [0.4, 0.5) is 0 Å². The Bertz CT molecular complexity index is 602. The number of hydrogen-bond donors (Lipinski definition) is 1. The molecule has 0 aliphatic rings. The molecule has 2 aromatic carbocycles. The van der Waals surface area contributed by atoms with E-state index < -0.39 is 0 Å². The van der Waals surface area contributed by atoms with E-state index >= 15 is 0 Å². The molecule has 21 heavy (non-hydrogen) atoms. The first-order chi connectivity index (χ1) is 10.2. The minimum Gasteiger partial charge on any atom is -0.497 e. The average molecular weight is 370 g/mol. The first-order valence-corrected chi connectivity index (χ1v) is 7.91. The molecule has 0 aliphatic heterocycles. The molecule has 0 bridgehead atoms. The lowest BCUT2D eigenvalue weighted by atomic mass is 10.0. The van der Waals surface area contributed by atoms with Gasteiger partial charge < -0.3 is 15.2 Å². The van der Waals surface area contributed by atoms with Gasteiger partial charge in [-0.05, 0) is 47.5 Å². The van der Waals surface area contributed by atoms with Crippen molar-refractivity contribution in [1.29, 1.82) is 0 Å². The van der Waals surface area contributed by atoms with Crippen LogP contribution in [0.1, 0.15) is 11.1 Å². The van der Waals surface area contributed by atoms with Crippen LogP contribution >= 0.6 is 27.5 Å². The highest BCUT2D eigenvalue weighted by atomic mass is 79.9. The lowest BCUT2D eigenvalue weighted by Gasteiger charge is -2.13. The van der Waals surface area contributed by atoms with Crippen LogP contribution in [0.15, 0.2) is 36.4 Å². The van der Waals surface area contributed by atoms with Crippen molar-refractivity contribution in [2.75, 3.05) is 12.4 Å². The fraction of sp³-hybridized carbons (Fsp3) is 0.188. The van der Waals surface area contributed by atoms with Gasteiger partial charge in [0.15, 0.2) is 0 Å². The molecule has 0 atom stereocenters. The molecule has 0 spiro atoms. The average Bonchev–Trinajstić information content (AvgIpc) is 2.50. The van der Waals surface area contributed by atoms with Gasteiger partial charge in [-0.2, -0.15) is 0 Å². The molecule has 2 aromatic rings. The quantitative estimate of drug-likeness (QED) is 0.760. The number of hydrogen-bond acceptors (Lipinski definition) is 3. The molecule has 0 aliphatic carbocycles. The van der Waals surface area contributed by atoms with E-state index in [2.05, 4.69) is 15.9 Å². The third-order valence-corrected chi connectivity index (χ3v) is 3.62. The molecule has 2 rings (SSSR count). The second kappa shape index (κ2) is 7.69. The summed E-state index contributed by atoms with van der Waals surface area (Å²) in [6.45, 7) is 0.401. The number of halogens is 2. The molecule has 2 N–H and O–H groups in total. The molecule has 3 nitrogen and oxygen atoms in total. The van der Waals surface area contributed by atoms with Crippen LogP contribution in [-0.2, 0) is 6.54 Å². The van der Waals surface area contributed by atoms with E-state index in [4.69, 9.17) is 26.8 Å². The van der Waals surface area contributed by atoms with E-state index in [9.17, 15) is 0 Å². The van der Waals surface area contributed by atoms with E-state index in [1.807, 2.05) is 36.8 Å². The Labute approximate surface area is 138 Å². The van der Waals surface area contributed by atoms with Crippen molar-refractivity contribution in [3.63, 3.8) is 0 Å². The van der Waals surface area contributed by atoms with Gasteiger partial charge in [-0.15, -0.1) is 0 Å². The third-order valence-electron chi connectivity index (χ3n) is 2.99. The Morgan fingerprint density at radius 2 is 1.81 bits per heavy atom. The summed E-state index contributed by atoms with van der Waals surface area (Å²) >= 11 is 9.67. The van der Waals surface area contributed by atoms with Crippen molar-refractivity contribution in [3.8, 4) is 17.2 Å². The fourth-order valence-corrected chi connectivity index (χ4v) is 2.59. The lowest BCUT2D eigenvalue weighted by Crippen LogP contribution is -2.02. The summed E-state index contributed by atoms with van der Waals surface area (Å²) in [6, 6.07) is 11.1. The van der Waals surface area contributed by atoms with Crippen LogP contribution < -0.4 is 15.2 Å². The van der Waals surface area contributed by atoms with Crippen molar-refractivity contribution in [2.24, 2.45) is 5.73 Å². The molecule has 0 aromatic heterocycles. The summed E-state index contributed by atoms with van der Waals surface area (Å²) in [4.78, 5) is 0. The monoisotopic (exact) mass is 368 g/mol. The molecule has 111 valence electrons. The summed E-state index contributed by atoms with van der Waals surface area (Å²) in [5.41, 5.74) is 7.68. The van der Waals surface area contributed by atoms with E-state index in [-0.39, 0.29) is 0 Å². The summed E-state index contributed by atoms with van der Waals surface area (Å²) in [6.07, 6.45) is 1.99. The standard InChI is InChI=1S/C16H16BrClNO2/c1-20-12-2-4-13(5-3-12)21-14-8-11(10-19)15(6-7-17)16(18)9-14/h2-6,8-9H,7,10,19H2,1H3. The van der Waals surface area contributed by atoms with Crippen LogP contribution in [0, 0.1) is 6.42 Å². The van der Waals surface area contributed by atoms with E-state index in [1.54, 1.807) is 13.2 Å². The van der Waals surface area contributed by atoms with Crippen molar-refractivity contribution < 1.29 is 9.47 Å². The Balaban J connectivity index is 2.25. The molecular weight excluding hydrogens is 354 g/mol. The first-order valence-electron chi connectivity index (χ1n) is 6.41. The van der Waals surface area contributed by atoms with Crippen LogP contribution in [0.25, 0.3) is 0 Å². The van der Waals surface area contributed by atoms with Gasteiger partial charge in [0.05, 0.1) is 7.11 Å². The normalized spacial score (nSPS) is 10.5. The molecular formula is C16H16BrClNO2. The van der Waals surface area contributed by atoms with Gasteiger partial charge in [0, 0.05) is 23.3 Å². The highest BCUT2D eigenvalue weighted by molar-refractivity contribution is 9.09. The zero-order valence-electron chi connectivity index (χ0n) is 11.6. The number of rotatable bonds is 6. The van der Waals surface area contributed by atoms with Crippen molar-refractivity contribution in [2.45, 2.75) is 6.54 Å². The van der Waals surface area contributed by atoms with Crippen LogP contribution in [0.2, 0.25) is 5.02 Å². The lowest BCUT2D eigenvalue weighted by molar-refractivity contribution is 0.413. The molecule has 0 saturated carbocycles. The Kier molecular flexibility index (Phi) is 5.91. The number of methoxy groups -OCH3 is 1. The van der Waals surface area contributed by atoms with Gasteiger partial charge in [0.1, 0.15) is 17.2 Å². The number of benzene rings is 2. The summed E-state index contributed by atoms with van der Waals surface area (Å²) in [5, 5.41) is 1.35. The summed E-state index contributed by atoms with van der Waals surface area (Å²) in [7, 11) is 1.63. The van der Waals surface area contributed by atoms with Crippen LogP contribution in [0.3, 0.4) is 0 Å². The third kappa shape index (κ3) is 4.13. The van der Waals surface area contributed by atoms with E-state index in [0.717, 1.165) is 22.2 Å². The van der Waals surface area contributed by atoms with Gasteiger partial charge >= 0.3 is 0 Å². The van der Waals surface area contributed by atoms with Gasteiger partial charge in [-0.3, -0.25) is 0 Å². The molecule has 0 fully saturated rings. The summed E-state index contributed by atoms with van der Waals surface area (Å²) < 4.78 is 10.9. The second-order valence-corrected chi connectivity index (χ2v) is 5.37. The van der Waals surface area contributed by atoms with Crippen molar-refractivity contribution in [1.82, 2.24) is 0 Å². The molecule has 0 unspecified atom stereocenters. The van der Waals surface area contributed by atoms with Crippen molar-refractivity contribution in [3.05, 3.63) is 59.0 Å². The van der Waals surface area contributed by atoms with Gasteiger partial charge in [0.2, 0.25) is 0 Å². The Morgan fingerprint density at radius 1 is 1.14 bits per heavy atom. The molecule has 0 heterocycles. The van der Waals surface area contributed by atoms with Crippen LogP contribution in [0.5, 0.6) is 17.2 Å². The van der Waals surface area contributed by atoms with Gasteiger partial charge in [0.25, 0.3) is 0 Å². The summed E-state index contributed by atoms with van der Waals surface area (Å²) in [5.74, 6) is 2.16.